The Labute approximate surface area is 182 Å². The fraction of sp³-hybridized carbons (Fsp3) is 0.292. The third-order valence-electron chi connectivity index (χ3n) is 4.11. The van der Waals surface area contributed by atoms with Crippen LogP contribution < -0.4 is 16.0 Å². The van der Waals surface area contributed by atoms with Gasteiger partial charge in [-0.15, -0.1) is 0 Å². The van der Waals surface area contributed by atoms with Gasteiger partial charge in [-0.05, 0) is 62.6 Å². The number of amides is 3. The summed E-state index contributed by atoms with van der Waals surface area (Å²) in [7, 11) is 0. The van der Waals surface area contributed by atoms with Crippen molar-refractivity contribution in [1.82, 2.24) is 10.6 Å². The molecule has 0 fully saturated rings. The Hall–Kier alpha value is -3.61. The van der Waals surface area contributed by atoms with Crippen molar-refractivity contribution in [2.75, 3.05) is 11.9 Å². The number of alkyl carbamates (subject to hydrolysis) is 1. The lowest BCUT2D eigenvalue weighted by molar-refractivity contribution is -0.120. The topological polar surface area (TPSA) is 96.5 Å². The molecule has 3 N–H and O–H groups in total. The Morgan fingerprint density at radius 2 is 1.65 bits per heavy atom. The van der Waals surface area contributed by atoms with E-state index < -0.39 is 11.7 Å². The summed E-state index contributed by atoms with van der Waals surface area (Å²) < 4.78 is 5.07. The van der Waals surface area contributed by atoms with Crippen LogP contribution in [0.15, 0.2) is 54.6 Å². The van der Waals surface area contributed by atoms with Crippen molar-refractivity contribution >= 4 is 29.7 Å². The highest BCUT2D eigenvalue weighted by Crippen LogP contribution is 2.11. The van der Waals surface area contributed by atoms with Crippen LogP contribution in [0.1, 0.15) is 37.5 Å². The first-order valence-corrected chi connectivity index (χ1v) is 9.99. The van der Waals surface area contributed by atoms with E-state index in [9.17, 15) is 14.4 Å². The summed E-state index contributed by atoms with van der Waals surface area (Å²) >= 11 is 0. The summed E-state index contributed by atoms with van der Waals surface area (Å²) in [5.74, 6) is -0.554. The molecule has 31 heavy (non-hydrogen) atoms. The summed E-state index contributed by atoms with van der Waals surface area (Å²) in [6, 6.07) is 15.0. The van der Waals surface area contributed by atoms with Crippen molar-refractivity contribution < 1.29 is 19.1 Å². The van der Waals surface area contributed by atoms with E-state index in [1.807, 2.05) is 43.3 Å². The van der Waals surface area contributed by atoms with Crippen LogP contribution >= 0.6 is 0 Å². The zero-order chi connectivity index (χ0) is 22.9. The van der Waals surface area contributed by atoms with Crippen molar-refractivity contribution in [3.63, 3.8) is 0 Å². The molecule has 0 aliphatic heterocycles. The number of ether oxygens (including phenoxy) is 1. The van der Waals surface area contributed by atoms with E-state index in [0.29, 0.717) is 12.2 Å². The van der Waals surface area contributed by atoms with Crippen molar-refractivity contribution in [3.05, 3.63) is 71.3 Å². The summed E-state index contributed by atoms with van der Waals surface area (Å²) in [5.41, 5.74) is 2.98. The van der Waals surface area contributed by atoms with Crippen LogP contribution in [-0.4, -0.2) is 30.1 Å². The lowest BCUT2D eigenvalue weighted by Gasteiger charge is -2.19. The molecule has 0 atom stereocenters. The molecule has 0 aromatic heterocycles. The third kappa shape index (κ3) is 9.16. The number of nitrogens with one attached hydrogen (secondary N) is 3. The smallest absolute Gasteiger partial charge is 0.408 e. The zero-order valence-corrected chi connectivity index (χ0v) is 18.3. The van der Waals surface area contributed by atoms with Gasteiger partial charge in [-0.2, -0.15) is 0 Å². The lowest BCUT2D eigenvalue weighted by atomic mass is 10.1. The predicted octanol–water partition coefficient (Wildman–Crippen LogP) is 3.79. The molecule has 2 aromatic carbocycles. The SMILES string of the molecule is Cc1ccccc1/C=C/C(=O)Nc1ccc(CNC(=O)CNC(=O)OC(C)(C)C)cc1. The van der Waals surface area contributed by atoms with E-state index in [0.717, 1.165) is 16.7 Å². The standard InChI is InChI=1S/C24H29N3O4/c1-17-7-5-6-8-19(17)11-14-21(28)27-20-12-9-18(10-13-20)15-25-22(29)16-26-23(30)31-24(2,3)4/h5-14H,15-16H2,1-4H3,(H,25,29)(H,26,30)(H,27,28)/b14-11+. The number of benzene rings is 2. The van der Waals surface area contributed by atoms with Gasteiger partial charge >= 0.3 is 6.09 Å². The molecule has 0 aliphatic carbocycles. The molecular weight excluding hydrogens is 394 g/mol. The minimum atomic E-state index is -0.640. The van der Waals surface area contributed by atoms with Crippen LogP contribution in [0.4, 0.5) is 10.5 Å². The maximum atomic E-state index is 12.1. The molecule has 0 aliphatic rings. The normalized spacial score (nSPS) is 11.1. The van der Waals surface area contributed by atoms with E-state index in [2.05, 4.69) is 16.0 Å². The van der Waals surface area contributed by atoms with Crippen molar-refractivity contribution in [2.45, 2.75) is 39.8 Å². The van der Waals surface area contributed by atoms with Crippen molar-refractivity contribution in [1.29, 1.82) is 0 Å². The van der Waals surface area contributed by atoms with Crippen LogP contribution in [0.3, 0.4) is 0 Å². The van der Waals surface area contributed by atoms with Crippen molar-refractivity contribution in [3.8, 4) is 0 Å². The number of carbonyl (C=O) groups excluding carboxylic acids is 3. The molecule has 0 heterocycles. The molecule has 0 radical (unpaired) electrons. The molecule has 0 bridgehead atoms. The van der Waals surface area contributed by atoms with Gasteiger partial charge in [-0.25, -0.2) is 4.79 Å². The highest BCUT2D eigenvalue weighted by atomic mass is 16.6. The minimum absolute atomic E-state index is 0.170. The fourth-order valence-electron chi connectivity index (χ4n) is 2.56. The Morgan fingerprint density at radius 3 is 2.29 bits per heavy atom. The molecule has 2 aromatic rings. The quantitative estimate of drug-likeness (QED) is 0.591. The zero-order valence-electron chi connectivity index (χ0n) is 18.3. The first-order chi connectivity index (χ1) is 14.6. The molecule has 0 saturated heterocycles. The number of carbonyl (C=O) groups is 3. The van der Waals surface area contributed by atoms with Crippen LogP contribution in [0, 0.1) is 6.92 Å². The van der Waals surface area contributed by atoms with Gasteiger partial charge in [0.05, 0.1) is 0 Å². The average molecular weight is 424 g/mol. The molecule has 0 spiro atoms. The maximum absolute atomic E-state index is 12.1. The van der Waals surface area contributed by atoms with Crippen LogP contribution in [0.2, 0.25) is 0 Å². The van der Waals surface area contributed by atoms with Crippen molar-refractivity contribution in [2.24, 2.45) is 0 Å². The summed E-state index contributed by atoms with van der Waals surface area (Å²) in [5, 5.41) is 7.92. The fourth-order valence-corrected chi connectivity index (χ4v) is 2.56. The Bertz CT molecular complexity index is 944. The summed E-state index contributed by atoms with van der Waals surface area (Å²) in [6.07, 6.45) is 2.63. The van der Waals surface area contributed by atoms with Crippen LogP contribution in [0.25, 0.3) is 6.08 Å². The van der Waals surface area contributed by atoms with Gasteiger partial charge in [0, 0.05) is 18.3 Å². The number of anilines is 1. The van der Waals surface area contributed by atoms with Crippen LogP contribution in [-0.2, 0) is 20.9 Å². The maximum Gasteiger partial charge on any atom is 0.408 e. The van der Waals surface area contributed by atoms with E-state index in [4.69, 9.17) is 4.74 Å². The number of aryl methyl sites for hydroxylation is 1. The van der Waals surface area contributed by atoms with E-state index in [1.165, 1.54) is 6.08 Å². The number of hydrogen-bond acceptors (Lipinski definition) is 4. The Kier molecular flexibility index (Phi) is 8.37. The Morgan fingerprint density at radius 1 is 0.968 bits per heavy atom. The molecule has 164 valence electrons. The second-order valence-electron chi connectivity index (χ2n) is 8.01. The third-order valence-corrected chi connectivity index (χ3v) is 4.11. The van der Waals surface area contributed by atoms with Gasteiger partial charge in [-0.1, -0.05) is 36.4 Å². The van der Waals surface area contributed by atoms with E-state index >= 15 is 0 Å². The summed E-state index contributed by atoms with van der Waals surface area (Å²) in [6.45, 7) is 7.37. The molecular formula is C24H29N3O4. The number of hydrogen-bond donors (Lipinski definition) is 3. The summed E-state index contributed by atoms with van der Waals surface area (Å²) in [4.78, 5) is 35.5. The van der Waals surface area contributed by atoms with E-state index in [1.54, 1.807) is 39.0 Å². The van der Waals surface area contributed by atoms with Gasteiger partial charge in [0.15, 0.2) is 0 Å². The number of rotatable bonds is 7. The molecule has 7 heteroatoms. The average Bonchev–Trinajstić information content (AvgIpc) is 2.70. The van der Waals surface area contributed by atoms with Gasteiger partial charge < -0.3 is 20.7 Å². The molecule has 2 rings (SSSR count). The van der Waals surface area contributed by atoms with Gasteiger partial charge in [0.2, 0.25) is 11.8 Å². The Balaban J connectivity index is 1.76. The van der Waals surface area contributed by atoms with Gasteiger partial charge in [0.1, 0.15) is 12.1 Å². The largest absolute Gasteiger partial charge is 0.444 e. The van der Waals surface area contributed by atoms with Gasteiger partial charge in [-0.3, -0.25) is 9.59 Å². The monoisotopic (exact) mass is 423 g/mol. The van der Waals surface area contributed by atoms with Gasteiger partial charge in [0.25, 0.3) is 0 Å². The highest BCUT2D eigenvalue weighted by molar-refractivity contribution is 6.02. The second-order valence-corrected chi connectivity index (χ2v) is 8.01. The first-order valence-electron chi connectivity index (χ1n) is 9.99. The first kappa shape index (κ1) is 23.7. The molecule has 7 nitrogen and oxygen atoms in total. The molecule has 3 amide bonds. The van der Waals surface area contributed by atoms with E-state index in [-0.39, 0.29) is 18.4 Å². The van der Waals surface area contributed by atoms with Crippen LogP contribution in [0.5, 0.6) is 0 Å². The lowest BCUT2D eigenvalue weighted by Crippen LogP contribution is -2.39. The second kappa shape index (κ2) is 11.0. The minimum Gasteiger partial charge on any atom is -0.444 e. The predicted molar refractivity (Wildman–Crippen MR) is 121 cm³/mol. The molecule has 0 unspecified atom stereocenters. The molecule has 0 saturated carbocycles. The highest BCUT2D eigenvalue weighted by Gasteiger charge is 2.16.